The molecule has 0 spiro atoms. The maximum Gasteiger partial charge on any atom is 0.416 e. The predicted octanol–water partition coefficient (Wildman–Crippen LogP) is 6.45. The number of aromatic nitrogens is 2. The SMILES string of the molecule is CCOC(=O)[C@@H](C)Oc1ccc2ccccc2c1C=Nn1c(-c2cccc(C(F)(F)F)c2)nc2ccccc2c1=O. The summed E-state index contributed by atoms with van der Waals surface area (Å²) in [7, 11) is 0. The van der Waals surface area contributed by atoms with Crippen LogP contribution in [-0.2, 0) is 15.7 Å². The Bertz CT molecular complexity index is 1850. The number of hydrogen-bond donors (Lipinski definition) is 0. The second kappa shape index (κ2) is 11.2. The molecule has 4 aromatic carbocycles. The van der Waals surface area contributed by atoms with Crippen LogP contribution in [-0.4, -0.2) is 34.6 Å². The van der Waals surface area contributed by atoms with E-state index in [1.54, 1.807) is 44.2 Å². The molecule has 0 saturated carbocycles. The minimum absolute atomic E-state index is 0.0603. The molecule has 0 aliphatic carbocycles. The molecule has 41 heavy (non-hydrogen) atoms. The van der Waals surface area contributed by atoms with Crippen LogP contribution in [0.25, 0.3) is 33.1 Å². The highest BCUT2D eigenvalue weighted by molar-refractivity contribution is 6.02. The van der Waals surface area contributed by atoms with Gasteiger partial charge in [0.05, 0.1) is 29.3 Å². The highest BCUT2D eigenvalue weighted by Crippen LogP contribution is 2.32. The van der Waals surface area contributed by atoms with Crippen molar-refractivity contribution in [2.45, 2.75) is 26.1 Å². The number of ether oxygens (including phenoxy) is 2. The van der Waals surface area contributed by atoms with Crippen LogP contribution in [0.4, 0.5) is 13.2 Å². The number of rotatable bonds is 7. The van der Waals surface area contributed by atoms with Crippen LogP contribution in [0.3, 0.4) is 0 Å². The van der Waals surface area contributed by atoms with Gasteiger partial charge in [-0.05, 0) is 55.0 Å². The van der Waals surface area contributed by atoms with Crippen LogP contribution in [0.1, 0.15) is 25.0 Å². The fourth-order valence-corrected chi connectivity index (χ4v) is 4.38. The van der Waals surface area contributed by atoms with Crippen molar-refractivity contribution in [3.05, 3.63) is 106 Å². The van der Waals surface area contributed by atoms with E-state index < -0.39 is 29.4 Å². The molecular formula is C31H24F3N3O4. The molecule has 0 unspecified atom stereocenters. The molecule has 0 aliphatic rings. The highest BCUT2D eigenvalue weighted by Gasteiger charge is 2.31. The van der Waals surface area contributed by atoms with Gasteiger partial charge in [0.1, 0.15) is 5.75 Å². The van der Waals surface area contributed by atoms with Gasteiger partial charge in [-0.25, -0.2) is 9.78 Å². The number of carbonyl (C=O) groups is 1. The van der Waals surface area contributed by atoms with E-state index in [1.165, 1.54) is 18.3 Å². The summed E-state index contributed by atoms with van der Waals surface area (Å²) in [5.74, 6) is -0.320. The summed E-state index contributed by atoms with van der Waals surface area (Å²) in [4.78, 5) is 30.4. The quantitative estimate of drug-likeness (QED) is 0.169. The Morgan fingerprint density at radius 2 is 1.73 bits per heavy atom. The lowest BCUT2D eigenvalue weighted by molar-refractivity contribution is -0.150. The minimum Gasteiger partial charge on any atom is -0.478 e. The van der Waals surface area contributed by atoms with Gasteiger partial charge in [-0.2, -0.15) is 22.9 Å². The van der Waals surface area contributed by atoms with Gasteiger partial charge in [-0.1, -0.05) is 54.6 Å². The topological polar surface area (TPSA) is 82.8 Å². The van der Waals surface area contributed by atoms with Crippen LogP contribution in [0, 0.1) is 0 Å². The smallest absolute Gasteiger partial charge is 0.416 e. The van der Waals surface area contributed by atoms with Gasteiger partial charge in [0.15, 0.2) is 11.9 Å². The Morgan fingerprint density at radius 3 is 2.49 bits per heavy atom. The van der Waals surface area contributed by atoms with Gasteiger partial charge in [-0.3, -0.25) is 4.79 Å². The second-order valence-corrected chi connectivity index (χ2v) is 9.10. The molecule has 0 bridgehead atoms. The average molecular weight is 560 g/mol. The van der Waals surface area contributed by atoms with Crippen molar-refractivity contribution in [2.75, 3.05) is 6.61 Å². The van der Waals surface area contributed by atoms with Gasteiger partial charge in [0, 0.05) is 11.1 Å². The number of alkyl halides is 3. The molecule has 0 saturated heterocycles. The first-order valence-corrected chi connectivity index (χ1v) is 12.8. The summed E-state index contributed by atoms with van der Waals surface area (Å²) in [6, 6.07) is 21.9. The molecule has 0 amide bonds. The first kappa shape index (κ1) is 27.6. The summed E-state index contributed by atoms with van der Waals surface area (Å²) < 4.78 is 52.5. The molecule has 10 heteroatoms. The Labute approximate surface area is 232 Å². The minimum atomic E-state index is -4.59. The Morgan fingerprint density at radius 1 is 1.00 bits per heavy atom. The molecule has 1 aromatic heterocycles. The summed E-state index contributed by atoms with van der Waals surface area (Å²) in [5.41, 5.74) is -0.624. The van der Waals surface area contributed by atoms with Crippen LogP contribution in [0.2, 0.25) is 0 Å². The van der Waals surface area contributed by atoms with Gasteiger partial charge >= 0.3 is 12.1 Å². The molecule has 5 aromatic rings. The summed E-state index contributed by atoms with van der Waals surface area (Å²) in [5, 5.41) is 6.23. The van der Waals surface area contributed by atoms with E-state index >= 15 is 0 Å². The van der Waals surface area contributed by atoms with Gasteiger partial charge in [0.25, 0.3) is 5.56 Å². The fourth-order valence-electron chi connectivity index (χ4n) is 4.38. The van der Waals surface area contributed by atoms with Crippen molar-refractivity contribution in [2.24, 2.45) is 5.10 Å². The maximum absolute atomic E-state index is 13.6. The van der Waals surface area contributed by atoms with Crippen molar-refractivity contribution < 1.29 is 27.4 Å². The van der Waals surface area contributed by atoms with E-state index in [9.17, 15) is 22.8 Å². The normalized spacial score (nSPS) is 12.6. The molecule has 0 aliphatic heterocycles. The van der Waals surface area contributed by atoms with Crippen molar-refractivity contribution in [3.63, 3.8) is 0 Å². The Balaban J connectivity index is 1.70. The van der Waals surface area contributed by atoms with E-state index in [2.05, 4.69) is 10.1 Å². The first-order valence-electron chi connectivity index (χ1n) is 12.8. The molecule has 1 heterocycles. The van der Waals surface area contributed by atoms with Crippen molar-refractivity contribution >= 4 is 33.9 Å². The van der Waals surface area contributed by atoms with Crippen molar-refractivity contribution in [1.82, 2.24) is 9.66 Å². The number of para-hydroxylation sites is 1. The lowest BCUT2D eigenvalue weighted by Gasteiger charge is -2.16. The zero-order valence-electron chi connectivity index (χ0n) is 22.1. The third kappa shape index (κ3) is 5.67. The zero-order valence-corrected chi connectivity index (χ0v) is 22.1. The number of hydrogen-bond acceptors (Lipinski definition) is 6. The summed E-state index contributed by atoms with van der Waals surface area (Å²) in [6.45, 7) is 3.43. The molecule has 0 N–H and O–H groups in total. The number of carbonyl (C=O) groups excluding carboxylic acids is 1. The largest absolute Gasteiger partial charge is 0.478 e. The van der Waals surface area contributed by atoms with Gasteiger partial charge in [0.2, 0.25) is 0 Å². The van der Waals surface area contributed by atoms with E-state index in [-0.39, 0.29) is 23.4 Å². The Kier molecular flexibility index (Phi) is 7.56. The Hall–Kier alpha value is -4.99. The van der Waals surface area contributed by atoms with E-state index in [0.29, 0.717) is 22.2 Å². The van der Waals surface area contributed by atoms with E-state index in [0.717, 1.165) is 22.2 Å². The number of benzene rings is 4. The number of halogens is 3. The standard InChI is InChI=1S/C31H24F3N3O4/c1-3-40-30(39)19(2)41-27-16-15-20-9-4-5-12-23(20)25(27)18-35-37-28(21-10-8-11-22(17-21)31(32,33)34)36-26-14-7-6-13-24(26)29(37)38/h4-19H,3H2,1-2H3/t19-/m1/s1. The molecule has 1 atom stereocenters. The number of nitrogens with zero attached hydrogens (tertiary/aromatic N) is 3. The lowest BCUT2D eigenvalue weighted by atomic mass is 10.0. The maximum atomic E-state index is 13.6. The lowest BCUT2D eigenvalue weighted by Crippen LogP contribution is -2.26. The fraction of sp³-hybridized carbons (Fsp3) is 0.161. The zero-order chi connectivity index (χ0) is 29.1. The van der Waals surface area contributed by atoms with Gasteiger partial charge in [-0.15, -0.1) is 0 Å². The van der Waals surface area contributed by atoms with Crippen molar-refractivity contribution in [1.29, 1.82) is 0 Å². The predicted molar refractivity (Wildman–Crippen MR) is 150 cm³/mol. The molecule has 5 rings (SSSR count). The summed E-state index contributed by atoms with van der Waals surface area (Å²) in [6.07, 6.45) is -4.15. The molecule has 0 radical (unpaired) electrons. The molecule has 0 fully saturated rings. The van der Waals surface area contributed by atoms with E-state index in [1.807, 2.05) is 30.3 Å². The highest BCUT2D eigenvalue weighted by atomic mass is 19.4. The van der Waals surface area contributed by atoms with Crippen molar-refractivity contribution in [3.8, 4) is 17.1 Å². The average Bonchev–Trinajstić information content (AvgIpc) is 2.97. The number of esters is 1. The number of fused-ring (bicyclic) bond motifs is 2. The second-order valence-electron chi connectivity index (χ2n) is 9.10. The third-order valence-electron chi connectivity index (χ3n) is 6.36. The molecule has 7 nitrogen and oxygen atoms in total. The van der Waals surface area contributed by atoms with Crippen LogP contribution in [0.5, 0.6) is 5.75 Å². The first-order chi connectivity index (χ1) is 19.7. The molecular weight excluding hydrogens is 535 g/mol. The summed E-state index contributed by atoms with van der Waals surface area (Å²) >= 11 is 0. The van der Waals surface area contributed by atoms with E-state index in [4.69, 9.17) is 9.47 Å². The van der Waals surface area contributed by atoms with Gasteiger partial charge < -0.3 is 9.47 Å². The van der Waals surface area contributed by atoms with Crippen LogP contribution >= 0.6 is 0 Å². The third-order valence-corrected chi connectivity index (χ3v) is 6.36. The van der Waals surface area contributed by atoms with Crippen LogP contribution < -0.4 is 10.3 Å². The monoisotopic (exact) mass is 559 g/mol. The van der Waals surface area contributed by atoms with Crippen LogP contribution in [0.15, 0.2) is 94.8 Å². The molecule has 208 valence electrons.